The largest absolute Gasteiger partial charge is 0.269 e. The molecule has 0 aliphatic heterocycles. The van der Waals surface area contributed by atoms with E-state index in [1.807, 2.05) is 13.8 Å². The molecule has 2 rings (SSSR count). The topological polar surface area (TPSA) is 43.1 Å². The first-order chi connectivity index (χ1) is 8.06. The van der Waals surface area contributed by atoms with Crippen LogP contribution >= 0.6 is 0 Å². The van der Waals surface area contributed by atoms with Gasteiger partial charge in [0.05, 0.1) is 4.92 Å². The molecule has 3 nitrogen and oxygen atoms in total. The zero-order valence-electron chi connectivity index (χ0n) is 9.81. The van der Waals surface area contributed by atoms with Gasteiger partial charge in [-0.2, -0.15) is 0 Å². The summed E-state index contributed by atoms with van der Waals surface area (Å²) in [6.45, 7) is 4.09. The summed E-state index contributed by atoms with van der Waals surface area (Å²) >= 11 is 0. The number of non-ortho nitro benzene ring substituents is 1. The van der Waals surface area contributed by atoms with E-state index in [-0.39, 0.29) is 10.6 Å². The lowest BCUT2D eigenvalue weighted by atomic mass is 10.0. The molecule has 0 aliphatic carbocycles. The van der Waals surface area contributed by atoms with Crippen LogP contribution in [0.2, 0.25) is 0 Å². The number of hydrogen-bond donors (Lipinski definition) is 0. The van der Waals surface area contributed by atoms with Crippen molar-refractivity contribution in [3.05, 3.63) is 63.7 Å². The van der Waals surface area contributed by atoms with Crippen molar-refractivity contribution in [3.8, 4) is 11.1 Å². The molecule has 0 radical (unpaired) electrons. The van der Waals surface area contributed by atoms with E-state index >= 15 is 0 Å². The minimum Gasteiger partial charge on any atom is -0.258 e. The van der Waals surface area contributed by atoms with Crippen LogP contribution in [0.5, 0.6) is 0 Å². The van der Waals surface area contributed by atoms with Crippen molar-refractivity contribution in [3.63, 3.8) is 0 Å². The predicted molar refractivity (Wildman–Crippen MR) is 68.0 cm³/mol. The van der Waals surface area contributed by atoms with Crippen LogP contribution < -0.4 is 0 Å². The zero-order chi connectivity index (χ0) is 12.4. The van der Waals surface area contributed by atoms with Crippen molar-refractivity contribution in [2.45, 2.75) is 13.8 Å². The molecule has 0 fully saturated rings. The van der Waals surface area contributed by atoms with Crippen LogP contribution in [0.25, 0.3) is 11.1 Å². The first-order valence-electron chi connectivity index (χ1n) is 5.39. The lowest BCUT2D eigenvalue weighted by molar-refractivity contribution is -0.384. The Hall–Kier alpha value is -2.16. The third-order valence-electron chi connectivity index (χ3n) is 2.63. The number of rotatable bonds is 2. The summed E-state index contributed by atoms with van der Waals surface area (Å²) in [5, 5.41) is 10.6. The van der Waals surface area contributed by atoms with E-state index in [4.69, 9.17) is 0 Å². The van der Waals surface area contributed by atoms with Gasteiger partial charge in [0.1, 0.15) is 0 Å². The van der Waals surface area contributed by atoms with E-state index < -0.39 is 0 Å². The number of hydrogen-bond acceptors (Lipinski definition) is 2. The van der Waals surface area contributed by atoms with E-state index in [9.17, 15) is 10.1 Å². The highest BCUT2D eigenvalue weighted by molar-refractivity contribution is 5.66. The molecule has 86 valence electrons. The summed E-state index contributed by atoms with van der Waals surface area (Å²) in [7, 11) is 0. The van der Waals surface area contributed by atoms with E-state index in [0.29, 0.717) is 0 Å². The van der Waals surface area contributed by atoms with Crippen molar-refractivity contribution in [1.29, 1.82) is 0 Å². The number of nitro benzene ring substituents is 1. The van der Waals surface area contributed by atoms with Gasteiger partial charge in [0.2, 0.25) is 0 Å². The maximum Gasteiger partial charge on any atom is 0.269 e. The summed E-state index contributed by atoms with van der Waals surface area (Å²) in [5.74, 6) is 0. The third kappa shape index (κ3) is 2.50. The molecule has 3 heteroatoms. The lowest BCUT2D eigenvalue weighted by Crippen LogP contribution is -1.87. The van der Waals surface area contributed by atoms with Crippen LogP contribution in [0.1, 0.15) is 11.1 Å². The van der Waals surface area contributed by atoms with E-state index in [2.05, 4.69) is 18.2 Å². The summed E-state index contributed by atoms with van der Waals surface area (Å²) in [4.78, 5) is 10.2. The fourth-order valence-electron chi connectivity index (χ4n) is 1.92. The Balaban J connectivity index is 2.43. The fourth-order valence-corrected chi connectivity index (χ4v) is 1.92. The molecule has 0 saturated heterocycles. The van der Waals surface area contributed by atoms with Gasteiger partial charge < -0.3 is 0 Å². The molecule has 0 spiro atoms. The second-order valence-corrected chi connectivity index (χ2v) is 4.18. The third-order valence-corrected chi connectivity index (χ3v) is 2.63. The van der Waals surface area contributed by atoms with E-state index in [1.54, 1.807) is 12.1 Å². The highest BCUT2D eigenvalue weighted by Gasteiger charge is 2.05. The Morgan fingerprint density at radius 3 is 1.88 bits per heavy atom. The Morgan fingerprint density at radius 2 is 1.41 bits per heavy atom. The summed E-state index contributed by atoms with van der Waals surface area (Å²) in [6.07, 6.45) is 0. The molecular formula is C14H13NO2. The first-order valence-corrected chi connectivity index (χ1v) is 5.39. The summed E-state index contributed by atoms with van der Waals surface area (Å²) in [6, 6.07) is 12.9. The van der Waals surface area contributed by atoms with Gasteiger partial charge >= 0.3 is 0 Å². The van der Waals surface area contributed by atoms with Crippen LogP contribution in [0, 0.1) is 24.0 Å². The van der Waals surface area contributed by atoms with E-state index in [0.717, 1.165) is 11.1 Å². The average Bonchev–Trinajstić information content (AvgIpc) is 2.28. The molecule has 0 heterocycles. The maximum atomic E-state index is 10.6. The molecule has 0 unspecified atom stereocenters. The van der Waals surface area contributed by atoms with Crippen LogP contribution in [-0.2, 0) is 0 Å². The quantitative estimate of drug-likeness (QED) is 0.577. The van der Waals surface area contributed by atoms with Gasteiger partial charge in [-0.05, 0) is 37.1 Å². The Labute approximate surface area is 99.9 Å². The molecule has 17 heavy (non-hydrogen) atoms. The Morgan fingerprint density at radius 1 is 0.882 bits per heavy atom. The molecule has 0 atom stereocenters. The summed E-state index contributed by atoms with van der Waals surface area (Å²) < 4.78 is 0. The monoisotopic (exact) mass is 227 g/mol. The number of nitrogens with zero attached hydrogens (tertiary/aromatic N) is 1. The fraction of sp³-hybridized carbons (Fsp3) is 0.143. The zero-order valence-corrected chi connectivity index (χ0v) is 9.81. The van der Waals surface area contributed by atoms with Gasteiger partial charge in [0, 0.05) is 12.1 Å². The molecule has 2 aromatic rings. The molecule has 0 bridgehead atoms. The Kier molecular flexibility index (Phi) is 2.91. The normalized spacial score (nSPS) is 10.2. The van der Waals surface area contributed by atoms with Crippen molar-refractivity contribution in [2.24, 2.45) is 0 Å². The average molecular weight is 227 g/mol. The highest BCUT2D eigenvalue weighted by atomic mass is 16.6. The van der Waals surface area contributed by atoms with Crippen molar-refractivity contribution in [2.75, 3.05) is 0 Å². The van der Waals surface area contributed by atoms with Crippen molar-refractivity contribution in [1.82, 2.24) is 0 Å². The number of benzene rings is 2. The summed E-state index contributed by atoms with van der Waals surface area (Å²) in [5.41, 5.74) is 4.61. The minimum absolute atomic E-state index is 0.123. The SMILES string of the molecule is Cc1cc(C)cc(-c2ccc([N+](=O)[O-])cc2)c1. The van der Waals surface area contributed by atoms with Crippen LogP contribution in [-0.4, -0.2) is 4.92 Å². The van der Waals surface area contributed by atoms with Gasteiger partial charge in [-0.1, -0.05) is 29.3 Å². The smallest absolute Gasteiger partial charge is 0.258 e. The predicted octanol–water partition coefficient (Wildman–Crippen LogP) is 3.88. The first kappa shape index (κ1) is 11.3. The lowest BCUT2D eigenvalue weighted by Gasteiger charge is -2.04. The van der Waals surface area contributed by atoms with Crippen molar-refractivity contribution < 1.29 is 4.92 Å². The van der Waals surface area contributed by atoms with Gasteiger partial charge in [0.25, 0.3) is 5.69 Å². The molecule has 0 saturated carbocycles. The van der Waals surface area contributed by atoms with Gasteiger partial charge in [-0.15, -0.1) is 0 Å². The highest BCUT2D eigenvalue weighted by Crippen LogP contribution is 2.24. The molecule has 2 aromatic carbocycles. The molecule has 0 amide bonds. The Bertz CT molecular complexity index is 539. The molecule has 0 aliphatic rings. The second-order valence-electron chi connectivity index (χ2n) is 4.18. The van der Waals surface area contributed by atoms with Gasteiger partial charge in [-0.25, -0.2) is 0 Å². The standard InChI is InChI=1S/C14H13NO2/c1-10-7-11(2)9-13(8-10)12-3-5-14(6-4-12)15(16)17/h3-9H,1-2H3. The van der Waals surface area contributed by atoms with Crippen LogP contribution in [0.15, 0.2) is 42.5 Å². The molecule has 0 aromatic heterocycles. The number of nitro groups is 1. The van der Waals surface area contributed by atoms with Crippen LogP contribution in [0.3, 0.4) is 0 Å². The van der Waals surface area contributed by atoms with Crippen molar-refractivity contribution >= 4 is 5.69 Å². The molecule has 0 N–H and O–H groups in total. The second kappa shape index (κ2) is 4.37. The maximum absolute atomic E-state index is 10.6. The number of aryl methyl sites for hydroxylation is 2. The van der Waals surface area contributed by atoms with E-state index in [1.165, 1.54) is 23.3 Å². The molecular weight excluding hydrogens is 214 g/mol. The minimum atomic E-state index is -0.384. The van der Waals surface area contributed by atoms with Gasteiger partial charge in [-0.3, -0.25) is 10.1 Å². The van der Waals surface area contributed by atoms with Gasteiger partial charge in [0.15, 0.2) is 0 Å². The van der Waals surface area contributed by atoms with Crippen LogP contribution in [0.4, 0.5) is 5.69 Å².